The topological polar surface area (TPSA) is 131 Å². The van der Waals surface area contributed by atoms with E-state index in [-0.39, 0.29) is 25.0 Å². The molecule has 0 spiro atoms. The van der Waals surface area contributed by atoms with Gasteiger partial charge >= 0.3 is 12.2 Å². The van der Waals surface area contributed by atoms with E-state index in [0.717, 1.165) is 22.2 Å². The molecule has 3 amide bonds. The summed E-state index contributed by atoms with van der Waals surface area (Å²) >= 11 is 6.07. The van der Waals surface area contributed by atoms with Gasteiger partial charge in [-0.15, -0.1) is 0 Å². The van der Waals surface area contributed by atoms with Crippen molar-refractivity contribution in [2.75, 3.05) is 31.6 Å². The molecule has 11 heteroatoms. The predicted octanol–water partition coefficient (Wildman–Crippen LogP) is 5.65. The first-order valence-corrected chi connectivity index (χ1v) is 14.6. The Morgan fingerprint density at radius 3 is 2.45 bits per heavy atom. The molecular formula is C31H40ClN5O5. The van der Waals surface area contributed by atoms with Crippen molar-refractivity contribution in [2.24, 2.45) is 5.92 Å². The fourth-order valence-corrected chi connectivity index (χ4v) is 4.22. The molecule has 0 saturated heterocycles. The molecule has 0 aliphatic heterocycles. The van der Waals surface area contributed by atoms with E-state index in [1.54, 1.807) is 6.20 Å². The van der Waals surface area contributed by atoms with Gasteiger partial charge < -0.3 is 30.7 Å². The van der Waals surface area contributed by atoms with Crippen molar-refractivity contribution >= 4 is 46.3 Å². The second kappa shape index (κ2) is 17.7. The number of amides is 3. The maximum Gasteiger partial charge on any atom is 0.407 e. The van der Waals surface area contributed by atoms with Crippen molar-refractivity contribution in [2.45, 2.75) is 52.2 Å². The van der Waals surface area contributed by atoms with Crippen LogP contribution >= 0.6 is 11.6 Å². The van der Waals surface area contributed by atoms with Gasteiger partial charge in [0.15, 0.2) is 0 Å². The summed E-state index contributed by atoms with van der Waals surface area (Å²) in [7, 11) is 0. The number of nitrogens with one attached hydrogen (secondary N) is 4. The van der Waals surface area contributed by atoms with E-state index in [1.165, 1.54) is 0 Å². The minimum absolute atomic E-state index is 0.178. The van der Waals surface area contributed by atoms with Crippen LogP contribution in [0, 0.1) is 5.92 Å². The van der Waals surface area contributed by atoms with Crippen LogP contribution in [0.25, 0.3) is 10.9 Å². The number of pyridine rings is 1. The first-order chi connectivity index (χ1) is 20.3. The van der Waals surface area contributed by atoms with E-state index in [0.29, 0.717) is 50.3 Å². The molecule has 0 saturated carbocycles. The second-order valence-corrected chi connectivity index (χ2v) is 10.7. The summed E-state index contributed by atoms with van der Waals surface area (Å²) in [6.07, 6.45) is 2.87. The molecule has 4 N–H and O–H groups in total. The Labute approximate surface area is 251 Å². The maximum absolute atomic E-state index is 12.9. The van der Waals surface area contributed by atoms with Gasteiger partial charge in [0.05, 0.1) is 12.1 Å². The molecular weight excluding hydrogens is 558 g/mol. The Hall–Kier alpha value is -4.05. The summed E-state index contributed by atoms with van der Waals surface area (Å²) in [4.78, 5) is 41.5. The largest absolute Gasteiger partial charge is 0.449 e. The zero-order chi connectivity index (χ0) is 30.2. The molecule has 0 fully saturated rings. The van der Waals surface area contributed by atoms with Crippen molar-refractivity contribution in [3.8, 4) is 0 Å². The molecule has 3 rings (SSSR count). The maximum atomic E-state index is 12.9. The Kier molecular flexibility index (Phi) is 13.7. The average molecular weight is 598 g/mol. The highest BCUT2D eigenvalue weighted by atomic mass is 35.5. The first kappa shape index (κ1) is 32.5. The number of benzene rings is 2. The first-order valence-electron chi connectivity index (χ1n) is 14.3. The van der Waals surface area contributed by atoms with E-state index in [4.69, 9.17) is 21.1 Å². The van der Waals surface area contributed by atoms with E-state index >= 15 is 0 Å². The molecule has 0 radical (unpaired) electrons. The minimum atomic E-state index is -0.753. The summed E-state index contributed by atoms with van der Waals surface area (Å²) in [5.74, 6) is -0.103. The zero-order valence-electron chi connectivity index (χ0n) is 24.2. The highest BCUT2D eigenvalue weighted by molar-refractivity contribution is 6.31. The van der Waals surface area contributed by atoms with Crippen molar-refractivity contribution in [1.82, 2.24) is 20.9 Å². The molecule has 10 nitrogen and oxygen atoms in total. The number of nitrogens with zero attached hydrogens (tertiary/aromatic N) is 1. The third-order valence-corrected chi connectivity index (χ3v) is 6.47. The fraction of sp³-hybridized carbons (Fsp3) is 0.419. The minimum Gasteiger partial charge on any atom is -0.449 e. The highest BCUT2D eigenvalue weighted by Gasteiger charge is 2.21. The summed E-state index contributed by atoms with van der Waals surface area (Å²) < 4.78 is 10.4. The lowest BCUT2D eigenvalue weighted by Crippen LogP contribution is -2.47. The van der Waals surface area contributed by atoms with Crippen LogP contribution in [0.2, 0.25) is 5.02 Å². The lowest BCUT2D eigenvalue weighted by atomic mass is 10.1. The molecule has 0 aliphatic carbocycles. The number of anilines is 1. The number of hydrogen-bond donors (Lipinski definition) is 4. The summed E-state index contributed by atoms with van der Waals surface area (Å²) in [6, 6.07) is 16.1. The van der Waals surface area contributed by atoms with Gasteiger partial charge in [-0.05, 0) is 61.4 Å². The Bertz CT molecular complexity index is 1290. The van der Waals surface area contributed by atoms with Crippen LogP contribution in [-0.4, -0.2) is 55.4 Å². The fourth-order valence-electron chi connectivity index (χ4n) is 4.05. The normalized spacial score (nSPS) is 11.5. The zero-order valence-corrected chi connectivity index (χ0v) is 24.9. The Balaban J connectivity index is 1.39. The lowest BCUT2D eigenvalue weighted by Gasteiger charge is -2.19. The molecule has 0 bridgehead atoms. The van der Waals surface area contributed by atoms with Crippen molar-refractivity contribution < 1.29 is 23.9 Å². The van der Waals surface area contributed by atoms with E-state index < -0.39 is 18.2 Å². The summed E-state index contributed by atoms with van der Waals surface area (Å²) in [5.41, 5.74) is 2.65. The number of carbonyl (C=O) groups is 3. The van der Waals surface area contributed by atoms with Gasteiger partial charge in [0.25, 0.3) is 0 Å². The standard InChI is InChI=1S/C31H40ClN5O5/c1-22(2)20-41-31(40)37-27(11-6-7-15-36-30(39)42-21-23-9-4-3-5-10-23)29(38)35-17-8-16-33-26-14-18-34-28-19-24(32)12-13-25(26)28/h3-5,9-10,12-14,18-19,22,27H,6-8,11,15-17,20-21H2,1-2H3,(H,33,34)(H,35,38)(H,36,39)(H,37,40). The molecule has 3 aromatic rings. The number of alkyl carbamates (subject to hydrolysis) is 2. The van der Waals surface area contributed by atoms with Crippen molar-refractivity contribution in [1.29, 1.82) is 0 Å². The van der Waals surface area contributed by atoms with Crippen LogP contribution in [0.3, 0.4) is 0 Å². The van der Waals surface area contributed by atoms with E-state index in [1.807, 2.05) is 68.4 Å². The molecule has 2 aromatic carbocycles. The van der Waals surface area contributed by atoms with Crippen LogP contribution in [0.15, 0.2) is 60.8 Å². The predicted molar refractivity (Wildman–Crippen MR) is 164 cm³/mol. The van der Waals surface area contributed by atoms with Crippen molar-refractivity contribution in [3.63, 3.8) is 0 Å². The van der Waals surface area contributed by atoms with Gasteiger partial charge in [0.1, 0.15) is 12.6 Å². The number of ether oxygens (including phenoxy) is 2. The Morgan fingerprint density at radius 1 is 0.881 bits per heavy atom. The number of aromatic nitrogens is 1. The molecule has 1 atom stereocenters. The molecule has 1 aromatic heterocycles. The molecule has 1 heterocycles. The summed E-state index contributed by atoms with van der Waals surface area (Å²) in [6.45, 7) is 5.77. The number of rotatable bonds is 16. The second-order valence-electron chi connectivity index (χ2n) is 10.3. The SMILES string of the molecule is CC(C)COC(=O)NC(CCCCNC(=O)OCc1ccccc1)C(=O)NCCCNc1ccnc2cc(Cl)ccc12. The van der Waals surface area contributed by atoms with E-state index in [9.17, 15) is 14.4 Å². The van der Waals surface area contributed by atoms with Crippen LogP contribution in [-0.2, 0) is 20.9 Å². The van der Waals surface area contributed by atoms with Crippen LogP contribution in [0.1, 0.15) is 45.1 Å². The molecule has 0 aliphatic rings. The number of unbranched alkanes of at least 4 members (excludes halogenated alkanes) is 1. The average Bonchev–Trinajstić information content (AvgIpc) is 2.98. The van der Waals surface area contributed by atoms with Gasteiger partial charge in [-0.3, -0.25) is 9.78 Å². The number of hydrogen-bond acceptors (Lipinski definition) is 7. The van der Waals surface area contributed by atoms with Crippen LogP contribution in [0.4, 0.5) is 15.3 Å². The molecule has 1 unspecified atom stereocenters. The number of fused-ring (bicyclic) bond motifs is 1. The van der Waals surface area contributed by atoms with Crippen molar-refractivity contribution in [3.05, 3.63) is 71.4 Å². The van der Waals surface area contributed by atoms with E-state index in [2.05, 4.69) is 26.3 Å². The molecule has 226 valence electrons. The third-order valence-electron chi connectivity index (χ3n) is 6.23. The van der Waals surface area contributed by atoms with Gasteiger partial charge in [-0.2, -0.15) is 0 Å². The van der Waals surface area contributed by atoms with Crippen LogP contribution in [0.5, 0.6) is 0 Å². The Morgan fingerprint density at radius 2 is 1.67 bits per heavy atom. The van der Waals surface area contributed by atoms with Gasteiger partial charge in [-0.25, -0.2) is 9.59 Å². The quantitative estimate of drug-likeness (QED) is 0.157. The highest BCUT2D eigenvalue weighted by Crippen LogP contribution is 2.24. The van der Waals surface area contributed by atoms with Gasteiger partial charge in [-0.1, -0.05) is 55.8 Å². The molecule has 42 heavy (non-hydrogen) atoms. The monoisotopic (exact) mass is 597 g/mol. The smallest absolute Gasteiger partial charge is 0.407 e. The third kappa shape index (κ3) is 11.8. The van der Waals surface area contributed by atoms with Gasteiger partial charge in [0, 0.05) is 41.9 Å². The lowest BCUT2D eigenvalue weighted by molar-refractivity contribution is -0.123. The van der Waals surface area contributed by atoms with Crippen LogP contribution < -0.4 is 21.3 Å². The number of halogens is 1. The summed E-state index contributed by atoms with van der Waals surface area (Å²) in [5, 5.41) is 13.3. The van der Waals surface area contributed by atoms with Gasteiger partial charge in [0.2, 0.25) is 5.91 Å². The number of carbonyl (C=O) groups excluding carboxylic acids is 3.